The number of ether oxygens (including phenoxy) is 1. The Labute approximate surface area is 119 Å². The number of fused-ring (bicyclic) bond motifs is 2. The van der Waals surface area contributed by atoms with Crippen LogP contribution in [-0.2, 0) is 18.0 Å². The maximum atomic E-state index is 5.69. The third-order valence-corrected chi connectivity index (χ3v) is 3.23. The number of nitrogens with zero attached hydrogens (tertiary/aromatic N) is 6. The average Bonchev–Trinajstić information content (AvgIpc) is 3.13. The lowest BCUT2D eigenvalue weighted by Crippen LogP contribution is -2.02. The lowest BCUT2D eigenvalue weighted by atomic mass is 10.4. The van der Waals surface area contributed by atoms with E-state index in [1.807, 2.05) is 57.6 Å². The van der Waals surface area contributed by atoms with Crippen molar-refractivity contribution in [1.29, 1.82) is 0 Å². The monoisotopic (exact) mass is 280 g/mol. The molecule has 0 saturated carbocycles. The van der Waals surface area contributed by atoms with Crippen LogP contribution in [0, 0.1) is 0 Å². The molecule has 0 atom stereocenters. The summed E-state index contributed by atoms with van der Waals surface area (Å²) >= 11 is 0. The summed E-state index contributed by atoms with van der Waals surface area (Å²) in [5, 5.41) is 16.4. The first-order chi connectivity index (χ1) is 10.4. The van der Waals surface area contributed by atoms with Gasteiger partial charge in [-0.25, -0.2) is 0 Å². The minimum absolute atomic E-state index is 0.368. The molecule has 0 aliphatic rings. The minimum Gasteiger partial charge on any atom is -0.365 e. The van der Waals surface area contributed by atoms with Gasteiger partial charge in [0.1, 0.15) is 13.2 Å². The molecule has 4 aromatic heterocycles. The Bertz CT molecular complexity index is 822. The number of pyridine rings is 2. The first-order valence-corrected chi connectivity index (χ1v) is 6.57. The average molecular weight is 280 g/mol. The van der Waals surface area contributed by atoms with E-state index >= 15 is 0 Å². The fourth-order valence-electron chi connectivity index (χ4n) is 2.21. The second-order valence-electron chi connectivity index (χ2n) is 4.58. The van der Waals surface area contributed by atoms with Crippen molar-refractivity contribution in [2.24, 2.45) is 0 Å². The fourth-order valence-corrected chi connectivity index (χ4v) is 2.21. The Morgan fingerprint density at radius 3 is 1.76 bits per heavy atom. The molecule has 21 heavy (non-hydrogen) atoms. The zero-order chi connectivity index (χ0) is 14.1. The van der Waals surface area contributed by atoms with Crippen molar-refractivity contribution < 1.29 is 4.74 Å². The van der Waals surface area contributed by atoms with Crippen LogP contribution >= 0.6 is 0 Å². The highest BCUT2D eigenvalue weighted by atomic mass is 16.5. The summed E-state index contributed by atoms with van der Waals surface area (Å²) in [5.41, 5.74) is 1.62. The Hall–Kier alpha value is -2.80. The molecule has 0 aromatic carbocycles. The molecule has 0 bridgehead atoms. The summed E-state index contributed by atoms with van der Waals surface area (Å²) in [7, 11) is 0. The highest BCUT2D eigenvalue weighted by Gasteiger charge is 2.07. The standard InChI is InChI=1S/C14H12N6O/c1-3-7-19-11(5-1)15-17-13(19)9-21-10-14-18-16-12-6-2-4-8-20(12)14/h1-8H,9-10H2. The number of hydrogen-bond donors (Lipinski definition) is 0. The molecule has 0 aliphatic heterocycles. The van der Waals surface area contributed by atoms with Gasteiger partial charge in [-0.3, -0.25) is 8.80 Å². The molecule has 104 valence electrons. The zero-order valence-electron chi connectivity index (χ0n) is 11.1. The summed E-state index contributed by atoms with van der Waals surface area (Å²) in [6, 6.07) is 11.5. The van der Waals surface area contributed by atoms with Gasteiger partial charge in [0.2, 0.25) is 0 Å². The number of aromatic nitrogens is 6. The van der Waals surface area contributed by atoms with Gasteiger partial charge in [0.25, 0.3) is 0 Å². The summed E-state index contributed by atoms with van der Waals surface area (Å²) < 4.78 is 9.50. The van der Waals surface area contributed by atoms with Gasteiger partial charge in [-0.05, 0) is 24.3 Å². The van der Waals surface area contributed by atoms with Crippen LogP contribution in [0.1, 0.15) is 11.6 Å². The van der Waals surface area contributed by atoms with Gasteiger partial charge in [-0.1, -0.05) is 12.1 Å². The van der Waals surface area contributed by atoms with E-state index in [1.165, 1.54) is 0 Å². The third-order valence-electron chi connectivity index (χ3n) is 3.23. The lowest BCUT2D eigenvalue weighted by molar-refractivity contribution is 0.0953. The second kappa shape index (κ2) is 4.95. The molecule has 0 amide bonds. The van der Waals surface area contributed by atoms with E-state index in [1.54, 1.807) is 0 Å². The van der Waals surface area contributed by atoms with Crippen LogP contribution in [-0.4, -0.2) is 29.2 Å². The van der Waals surface area contributed by atoms with Gasteiger partial charge in [0.05, 0.1) is 0 Å². The lowest BCUT2D eigenvalue weighted by Gasteiger charge is -2.02. The number of hydrogen-bond acceptors (Lipinski definition) is 5. The molecule has 0 radical (unpaired) electrons. The molecule has 0 unspecified atom stereocenters. The smallest absolute Gasteiger partial charge is 0.163 e. The molecule has 7 nitrogen and oxygen atoms in total. The maximum absolute atomic E-state index is 5.69. The van der Waals surface area contributed by atoms with Crippen molar-refractivity contribution in [2.75, 3.05) is 0 Å². The van der Waals surface area contributed by atoms with Crippen molar-refractivity contribution in [2.45, 2.75) is 13.2 Å². The Balaban J connectivity index is 1.50. The highest BCUT2D eigenvalue weighted by molar-refractivity contribution is 5.37. The molecule has 7 heteroatoms. The van der Waals surface area contributed by atoms with E-state index in [0.717, 1.165) is 22.9 Å². The van der Waals surface area contributed by atoms with Crippen LogP contribution in [0.2, 0.25) is 0 Å². The van der Waals surface area contributed by atoms with Crippen LogP contribution in [0.5, 0.6) is 0 Å². The van der Waals surface area contributed by atoms with Crippen molar-refractivity contribution in [3.8, 4) is 0 Å². The molecular weight excluding hydrogens is 268 g/mol. The van der Waals surface area contributed by atoms with Crippen LogP contribution in [0.4, 0.5) is 0 Å². The van der Waals surface area contributed by atoms with E-state index in [2.05, 4.69) is 20.4 Å². The largest absolute Gasteiger partial charge is 0.365 e. The van der Waals surface area contributed by atoms with Crippen LogP contribution in [0.3, 0.4) is 0 Å². The Morgan fingerprint density at radius 1 is 0.714 bits per heavy atom. The third kappa shape index (κ3) is 2.13. The molecule has 0 fully saturated rings. The molecule has 0 aliphatic carbocycles. The van der Waals surface area contributed by atoms with Gasteiger partial charge in [0, 0.05) is 12.4 Å². The fraction of sp³-hybridized carbons (Fsp3) is 0.143. The van der Waals surface area contributed by atoms with Crippen molar-refractivity contribution in [3.63, 3.8) is 0 Å². The predicted octanol–water partition coefficient (Wildman–Crippen LogP) is 1.49. The van der Waals surface area contributed by atoms with Gasteiger partial charge in [-0.15, -0.1) is 20.4 Å². The summed E-state index contributed by atoms with van der Waals surface area (Å²) in [5.74, 6) is 1.53. The van der Waals surface area contributed by atoms with Crippen LogP contribution < -0.4 is 0 Å². The molecule has 0 N–H and O–H groups in total. The summed E-state index contributed by atoms with van der Waals surface area (Å²) in [6.07, 6.45) is 3.83. The Morgan fingerprint density at radius 2 is 1.24 bits per heavy atom. The summed E-state index contributed by atoms with van der Waals surface area (Å²) in [6.45, 7) is 0.736. The highest BCUT2D eigenvalue weighted by Crippen LogP contribution is 2.07. The molecule has 4 heterocycles. The van der Waals surface area contributed by atoms with Gasteiger partial charge in [-0.2, -0.15) is 0 Å². The first kappa shape index (κ1) is 12.0. The van der Waals surface area contributed by atoms with Crippen molar-refractivity contribution in [3.05, 3.63) is 60.4 Å². The molecular formula is C14H12N6O. The molecule has 4 rings (SSSR count). The van der Waals surface area contributed by atoms with E-state index < -0.39 is 0 Å². The van der Waals surface area contributed by atoms with Crippen molar-refractivity contribution >= 4 is 11.3 Å². The Kier molecular flexibility index (Phi) is 2.82. The van der Waals surface area contributed by atoms with E-state index in [9.17, 15) is 0 Å². The number of rotatable bonds is 4. The van der Waals surface area contributed by atoms with Gasteiger partial charge < -0.3 is 4.74 Å². The second-order valence-corrected chi connectivity index (χ2v) is 4.58. The van der Waals surface area contributed by atoms with Crippen molar-refractivity contribution in [1.82, 2.24) is 29.2 Å². The van der Waals surface area contributed by atoms with Crippen LogP contribution in [0.25, 0.3) is 11.3 Å². The molecule has 0 spiro atoms. The van der Waals surface area contributed by atoms with E-state index in [4.69, 9.17) is 4.74 Å². The topological polar surface area (TPSA) is 69.6 Å². The minimum atomic E-state index is 0.368. The molecule has 4 aromatic rings. The van der Waals surface area contributed by atoms with E-state index in [0.29, 0.717) is 13.2 Å². The maximum Gasteiger partial charge on any atom is 0.163 e. The SMILES string of the molecule is c1ccn2c(COCc3nnc4ccccn34)nnc2c1. The zero-order valence-corrected chi connectivity index (χ0v) is 11.1. The van der Waals surface area contributed by atoms with Gasteiger partial charge in [0.15, 0.2) is 22.9 Å². The first-order valence-electron chi connectivity index (χ1n) is 6.57. The normalized spacial score (nSPS) is 11.4. The van der Waals surface area contributed by atoms with Gasteiger partial charge >= 0.3 is 0 Å². The predicted molar refractivity (Wildman–Crippen MR) is 74.5 cm³/mol. The molecule has 0 saturated heterocycles. The van der Waals surface area contributed by atoms with E-state index in [-0.39, 0.29) is 0 Å². The van der Waals surface area contributed by atoms with Crippen LogP contribution in [0.15, 0.2) is 48.8 Å². The summed E-state index contributed by atoms with van der Waals surface area (Å²) in [4.78, 5) is 0. The quantitative estimate of drug-likeness (QED) is 0.566.